The molecule has 1 aromatic heterocycles. The number of halogens is 1. The highest BCUT2D eigenvalue weighted by molar-refractivity contribution is 9.10. The Morgan fingerprint density at radius 2 is 1.94 bits per heavy atom. The zero-order chi connectivity index (χ0) is 24.9. The lowest BCUT2D eigenvalue weighted by molar-refractivity contribution is -0.133. The minimum absolute atomic E-state index is 0.129. The first kappa shape index (κ1) is 23.9. The highest BCUT2D eigenvalue weighted by Gasteiger charge is 2.60. The van der Waals surface area contributed by atoms with Crippen LogP contribution in [0.15, 0.2) is 46.9 Å². The highest BCUT2D eigenvalue weighted by atomic mass is 79.9. The Morgan fingerprint density at radius 3 is 2.66 bits per heavy atom. The molecule has 0 spiro atoms. The van der Waals surface area contributed by atoms with Crippen molar-refractivity contribution >= 4 is 38.8 Å². The number of rotatable bonds is 7. The largest absolute Gasteiger partial charge is 0.508 e. The summed E-state index contributed by atoms with van der Waals surface area (Å²) in [7, 11) is 0. The van der Waals surface area contributed by atoms with Gasteiger partial charge in [-0.3, -0.25) is 14.6 Å². The molecule has 2 aliphatic rings. The molecule has 2 unspecified atom stereocenters. The van der Waals surface area contributed by atoms with E-state index in [1.165, 1.54) is 4.90 Å². The Hall–Kier alpha value is -2.84. The van der Waals surface area contributed by atoms with E-state index in [0.717, 1.165) is 58.3 Å². The maximum absolute atomic E-state index is 13.9. The number of imide groups is 1. The monoisotopic (exact) mass is 538 g/mol. The second kappa shape index (κ2) is 8.99. The van der Waals surface area contributed by atoms with Crippen molar-refractivity contribution in [2.45, 2.75) is 45.2 Å². The van der Waals surface area contributed by atoms with Crippen LogP contribution in [-0.2, 0) is 11.2 Å². The lowest BCUT2D eigenvalue weighted by atomic mass is 9.81. The topological polar surface area (TPSA) is 79.9 Å². The minimum Gasteiger partial charge on any atom is -0.508 e. The molecule has 1 saturated heterocycles. The molecule has 2 atom stereocenters. The van der Waals surface area contributed by atoms with Crippen LogP contribution in [0.3, 0.4) is 0 Å². The van der Waals surface area contributed by atoms with Gasteiger partial charge in [-0.15, -0.1) is 0 Å². The summed E-state index contributed by atoms with van der Waals surface area (Å²) >= 11 is 3.58. The van der Waals surface area contributed by atoms with Crippen molar-refractivity contribution in [3.8, 4) is 5.75 Å². The summed E-state index contributed by atoms with van der Waals surface area (Å²) < 4.78 is 0.958. The number of fused-ring (bicyclic) bond motifs is 4. The summed E-state index contributed by atoms with van der Waals surface area (Å²) in [4.78, 5) is 36.7. The van der Waals surface area contributed by atoms with E-state index in [4.69, 9.17) is 0 Å². The molecular weight excluding hydrogens is 508 g/mol. The number of aromatic hydroxyl groups is 1. The summed E-state index contributed by atoms with van der Waals surface area (Å²) in [5.41, 5.74) is 2.66. The molecule has 1 fully saturated rings. The Kier molecular flexibility index (Phi) is 6.13. The van der Waals surface area contributed by atoms with E-state index in [0.29, 0.717) is 13.0 Å². The van der Waals surface area contributed by atoms with E-state index in [-0.39, 0.29) is 17.7 Å². The molecule has 2 N–H and O–H groups in total. The predicted octanol–water partition coefficient (Wildman–Crippen LogP) is 5.04. The maximum atomic E-state index is 13.9. The SMILES string of the molecule is CCN(CC)CCCN1C(=O)N2C(c3cccc(O)c3)c3[nH]c4ccc(Br)cc4c3CC2(C)C1=O. The van der Waals surface area contributed by atoms with Crippen LogP contribution in [0.5, 0.6) is 5.75 Å². The van der Waals surface area contributed by atoms with Gasteiger partial charge in [0.05, 0.1) is 0 Å². The van der Waals surface area contributed by atoms with Gasteiger partial charge in [-0.2, -0.15) is 0 Å². The van der Waals surface area contributed by atoms with Crippen LogP contribution >= 0.6 is 15.9 Å². The molecule has 5 rings (SSSR count). The lowest BCUT2D eigenvalue weighted by Gasteiger charge is -2.42. The molecule has 3 aromatic rings. The number of benzene rings is 2. The molecule has 0 radical (unpaired) electrons. The number of hydrogen-bond acceptors (Lipinski definition) is 4. The number of carbonyl (C=O) groups is 2. The van der Waals surface area contributed by atoms with Crippen molar-refractivity contribution in [2.24, 2.45) is 0 Å². The molecule has 8 heteroatoms. The molecular formula is C27H31BrN4O3. The number of amides is 3. The zero-order valence-electron chi connectivity index (χ0n) is 20.3. The van der Waals surface area contributed by atoms with Gasteiger partial charge in [0.15, 0.2) is 0 Å². The van der Waals surface area contributed by atoms with Crippen molar-refractivity contribution in [3.63, 3.8) is 0 Å². The van der Waals surface area contributed by atoms with E-state index in [9.17, 15) is 14.7 Å². The number of H-pyrrole nitrogens is 1. The zero-order valence-corrected chi connectivity index (χ0v) is 21.9. The number of aromatic nitrogens is 1. The first-order valence-electron chi connectivity index (χ1n) is 12.2. The van der Waals surface area contributed by atoms with Gasteiger partial charge in [-0.25, -0.2) is 4.79 Å². The van der Waals surface area contributed by atoms with Crippen molar-refractivity contribution < 1.29 is 14.7 Å². The van der Waals surface area contributed by atoms with Crippen molar-refractivity contribution in [1.29, 1.82) is 0 Å². The van der Waals surface area contributed by atoms with Gasteiger partial charge in [0.2, 0.25) is 0 Å². The van der Waals surface area contributed by atoms with E-state index in [1.54, 1.807) is 23.1 Å². The van der Waals surface area contributed by atoms with Gasteiger partial charge in [0.1, 0.15) is 17.3 Å². The van der Waals surface area contributed by atoms with Gasteiger partial charge in [0, 0.05) is 34.0 Å². The number of urea groups is 1. The minimum atomic E-state index is -1.01. The number of aromatic amines is 1. The van der Waals surface area contributed by atoms with Crippen molar-refractivity contribution in [3.05, 3.63) is 63.8 Å². The van der Waals surface area contributed by atoms with Crippen LogP contribution in [0.1, 0.15) is 50.1 Å². The summed E-state index contributed by atoms with van der Waals surface area (Å²) in [5, 5.41) is 11.3. The molecule has 3 heterocycles. The average molecular weight is 539 g/mol. The Bertz CT molecular complexity index is 1300. The number of nitrogens with one attached hydrogen (secondary N) is 1. The van der Waals surface area contributed by atoms with Gasteiger partial charge in [-0.05, 0) is 74.4 Å². The molecule has 2 aliphatic heterocycles. The molecule has 2 aromatic carbocycles. The standard InChI is InChI=1S/C27H31BrN4O3/c1-4-30(5-2)12-7-13-31-25(34)27(3)16-21-20-15-18(28)10-11-22(20)29-23(21)24(32(27)26(31)35)17-8-6-9-19(33)14-17/h6,8-11,14-15,24,29,33H,4-5,7,12-13,16H2,1-3H3. The molecule has 7 nitrogen and oxygen atoms in total. The van der Waals surface area contributed by atoms with Crippen LogP contribution < -0.4 is 0 Å². The second-order valence-corrected chi connectivity index (χ2v) is 10.6. The van der Waals surface area contributed by atoms with E-state index >= 15 is 0 Å². The summed E-state index contributed by atoms with van der Waals surface area (Å²) in [5.74, 6) is -0.0218. The normalized spacial score (nSPS) is 21.8. The first-order valence-corrected chi connectivity index (χ1v) is 13.0. The van der Waals surface area contributed by atoms with Crippen LogP contribution in [-0.4, -0.2) is 68.4 Å². The fourth-order valence-corrected chi connectivity index (χ4v) is 6.08. The maximum Gasteiger partial charge on any atom is 0.328 e. The van der Waals surface area contributed by atoms with Gasteiger partial charge < -0.3 is 15.0 Å². The highest BCUT2D eigenvalue weighted by Crippen LogP contribution is 2.49. The fraction of sp³-hybridized carbons (Fsp3) is 0.407. The Labute approximate surface area is 213 Å². The average Bonchev–Trinajstić information content (AvgIpc) is 3.27. The van der Waals surface area contributed by atoms with Crippen LogP contribution in [0, 0.1) is 0 Å². The van der Waals surface area contributed by atoms with Crippen molar-refractivity contribution in [1.82, 2.24) is 19.7 Å². The molecule has 0 bridgehead atoms. The number of hydrogen-bond donors (Lipinski definition) is 2. The number of carbonyl (C=O) groups excluding carboxylic acids is 2. The molecule has 0 aliphatic carbocycles. The van der Waals surface area contributed by atoms with Crippen LogP contribution in [0.2, 0.25) is 0 Å². The first-order chi connectivity index (χ1) is 16.8. The number of phenolic OH excluding ortho intramolecular Hbond substituents is 1. The number of nitrogens with zero attached hydrogens (tertiary/aromatic N) is 3. The Balaban J connectivity index is 1.59. The summed E-state index contributed by atoms with van der Waals surface area (Å²) in [6.45, 7) is 9.24. The Morgan fingerprint density at radius 1 is 1.17 bits per heavy atom. The van der Waals surface area contributed by atoms with Crippen LogP contribution in [0.4, 0.5) is 4.79 Å². The van der Waals surface area contributed by atoms with Gasteiger partial charge >= 0.3 is 6.03 Å². The summed E-state index contributed by atoms with van der Waals surface area (Å²) in [6.07, 6.45) is 1.17. The van der Waals surface area contributed by atoms with Gasteiger partial charge in [0.25, 0.3) is 5.91 Å². The van der Waals surface area contributed by atoms with Crippen molar-refractivity contribution in [2.75, 3.05) is 26.2 Å². The summed E-state index contributed by atoms with van der Waals surface area (Å²) in [6, 6.07) is 12.3. The molecule has 0 saturated carbocycles. The molecule has 35 heavy (non-hydrogen) atoms. The van der Waals surface area contributed by atoms with Gasteiger partial charge in [-0.1, -0.05) is 41.9 Å². The van der Waals surface area contributed by atoms with E-state index in [1.807, 2.05) is 25.1 Å². The smallest absolute Gasteiger partial charge is 0.328 e. The number of phenols is 1. The lowest BCUT2D eigenvalue weighted by Crippen LogP contribution is -2.53. The third kappa shape index (κ3) is 3.83. The second-order valence-electron chi connectivity index (χ2n) is 9.65. The molecule has 184 valence electrons. The molecule has 3 amide bonds. The third-order valence-corrected chi connectivity index (χ3v) is 8.06. The van der Waals surface area contributed by atoms with E-state index < -0.39 is 11.6 Å². The quantitative estimate of drug-likeness (QED) is 0.413. The van der Waals surface area contributed by atoms with E-state index in [2.05, 4.69) is 45.7 Å². The fourth-order valence-electron chi connectivity index (χ4n) is 5.72. The van der Waals surface area contributed by atoms with Crippen LogP contribution in [0.25, 0.3) is 10.9 Å². The third-order valence-electron chi connectivity index (χ3n) is 7.56. The predicted molar refractivity (Wildman–Crippen MR) is 139 cm³/mol.